The quantitative estimate of drug-likeness (QED) is 0.139. The van der Waals surface area contributed by atoms with Crippen LogP contribution in [0.2, 0.25) is 0 Å². The molecule has 5 rings (SSSR count). The molecule has 2 aliphatic heterocycles. The van der Waals surface area contributed by atoms with E-state index in [2.05, 4.69) is 15.0 Å². The summed E-state index contributed by atoms with van der Waals surface area (Å²) in [5.41, 5.74) is 4.30. The summed E-state index contributed by atoms with van der Waals surface area (Å²) >= 11 is 5.15. The average Bonchev–Trinajstić information content (AvgIpc) is 3.56. The Morgan fingerprint density at radius 3 is 2.69 bits per heavy atom. The number of nitrogens with zero attached hydrogens (tertiary/aromatic N) is 4. The Morgan fingerprint density at radius 2 is 1.95 bits per heavy atom. The van der Waals surface area contributed by atoms with Crippen molar-refractivity contribution in [1.82, 2.24) is 29.1 Å². The van der Waals surface area contributed by atoms with Gasteiger partial charge in [0.2, 0.25) is 5.82 Å². The Hall–Kier alpha value is -2.87. The summed E-state index contributed by atoms with van der Waals surface area (Å²) in [6.07, 6.45) is -4.68. The molecule has 2 fully saturated rings. The molecular weight excluding hydrogens is 568 g/mol. The van der Waals surface area contributed by atoms with Crippen molar-refractivity contribution in [3.8, 4) is 0 Å². The second-order valence-corrected chi connectivity index (χ2v) is 10.6. The van der Waals surface area contributed by atoms with Gasteiger partial charge in [-0.25, -0.2) is 19.3 Å². The molecule has 0 amide bonds. The molecule has 0 radical (unpaired) electrons. The molecule has 39 heavy (non-hydrogen) atoms. The van der Waals surface area contributed by atoms with Gasteiger partial charge in [-0.2, -0.15) is 4.39 Å². The highest BCUT2D eigenvalue weighted by Crippen LogP contribution is 2.49. The predicted octanol–water partition coefficient (Wildman–Crippen LogP) is -0.809. The maximum absolute atomic E-state index is 13.6. The normalized spacial score (nSPS) is 28.7. The van der Waals surface area contributed by atoms with Gasteiger partial charge in [0.15, 0.2) is 10.6 Å². The van der Waals surface area contributed by atoms with Crippen LogP contribution >= 0.6 is 20.0 Å². The number of nitrogens with two attached hydrogens (primary N) is 1. The van der Waals surface area contributed by atoms with Crippen molar-refractivity contribution in [1.29, 1.82) is 0 Å². The number of hydrogen-bond acceptors (Lipinski definition) is 13. The van der Waals surface area contributed by atoms with E-state index in [9.17, 15) is 33.7 Å². The first kappa shape index (κ1) is 27.7. The number of halogens is 1. The first-order valence-corrected chi connectivity index (χ1v) is 13.3. The van der Waals surface area contributed by atoms with Crippen LogP contribution < -0.4 is 17.0 Å². The fourth-order valence-electron chi connectivity index (χ4n) is 4.40. The van der Waals surface area contributed by atoms with E-state index < -0.39 is 75.0 Å². The molecule has 20 heteroatoms. The van der Waals surface area contributed by atoms with Crippen LogP contribution in [0.3, 0.4) is 0 Å². The number of nitrogens with one attached hydrogen (secondary N) is 2. The Kier molecular flexibility index (Phi) is 7.53. The van der Waals surface area contributed by atoms with Gasteiger partial charge in [0.1, 0.15) is 41.9 Å². The Balaban J connectivity index is 1.23. The van der Waals surface area contributed by atoms with E-state index in [0.717, 1.165) is 4.57 Å². The number of fused-ring (bicyclic) bond motifs is 1. The SMILES string of the molecule is Nc1nc(=S)c2ncn([C@H]3CC(OP(=O)(O)OC[C@H]4O[C@@H](n5cc(F)c(=O)[nH]c5=O)CC4O)[C@@H](CO)O3)c2[nH]1. The van der Waals surface area contributed by atoms with E-state index >= 15 is 0 Å². The number of aromatic nitrogens is 6. The molecule has 7 N–H and O–H groups in total. The summed E-state index contributed by atoms with van der Waals surface area (Å²) in [6, 6.07) is 0. The highest BCUT2D eigenvalue weighted by molar-refractivity contribution is 7.71. The van der Waals surface area contributed by atoms with Crippen molar-refractivity contribution in [2.45, 2.75) is 49.7 Å². The highest BCUT2D eigenvalue weighted by atomic mass is 32.1. The lowest BCUT2D eigenvalue weighted by molar-refractivity contribution is -0.0568. The Bertz CT molecular complexity index is 1610. The fraction of sp³-hybridized carbons (Fsp3) is 0.526. The molecule has 212 valence electrons. The van der Waals surface area contributed by atoms with Gasteiger partial charge >= 0.3 is 13.5 Å². The number of H-pyrrole nitrogens is 2. The van der Waals surface area contributed by atoms with Crippen molar-refractivity contribution in [3.05, 3.63) is 43.8 Å². The molecule has 3 aromatic heterocycles. The van der Waals surface area contributed by atoms with Crippen LogP contribution in [0.5, 0.6) is 0 Å². The van der Waals surface area contributed by atoms with E-state index in [-0.39, 0.29) is 23.4 Å². The number of phosphoric ester groups is 1. The number of aliphatic hydroxyl groups excluding tert-OH is 2. The van der Waals surface area contributed by atoms with Gasteiger partial charge in [0.05, 0.1) is 31.8 Å². The van der Waals surface area contributed by atoms with E-state index in [1.165, 1.54) is 10.9 Å². The minimum atomic E-state index is -4.79. The molecule has 0 aromatic carbocycles. The lowest BCUT2D eigenvalue weighted by Gasteiger charge is -2.21. The van der Waals surface area contributed by atoms with Crippen LogP contribution in [0, 0.1) is 10.5 Å². The zero-order chi connectivity index (χ0) is 28.1. The summed E-state index contributed by atoms with van der Waals surface area (Å²) in [5, 5.41) is 20.0. The monoisotopic (exact) mass is 591 g/mol. The predicted molar refractivity (Wildman–Crippen MR) is 129 cm³/mol. The molecule has 7 atom stereocenters. The van der Waals surface area contributed by atoms with Crippen molar-refractivity contribution in [2.75, 3.05) is 18.9 Å². The summed E-state index contributed by atoms with van der Waals surface area (Å²) in [7, 11) is -4.79. The van der Waals surface area contributed by atoms with Gasteiger partial charge in [-0.3, -0.25) is 28.0 Å². The number of hydrogen-bond donors (Lipinski definition) is 6. The number of aliphatic hydroxyl groups is 2. The largest absolute Gasteiger partial charge is 0.472 e. The van der Waals surface area contributed by atoms with Crippen molar-refractivity contribution < 1.29 is 42.6 Å². The lowest BCUT2D eigenvalue weighted by atomic mass is 10.2. The molecule has 2 saturated heterocycles. The summed E-state index contributed by atoms with van der Waals surface area (Å²) in [4.78, 5) is 46.2. The standard InChI is InChI=1S/C19H23FN7O10PS/c20-7-3-26(19(31)24-16(7)30)12-1-8(29)11(36-12)5-34-38(32,33)37-9-2-13(35-10(9)4-28)27-6-22-14-15(27)23-18(21)25-17(14)39/h3,6,8-13,28-29H,1-2,4-5H2,(H,32,33)(H,24,30,31)(H3,21,23,25,39)/t8?,9?,10-,11-,12-,13-/m1/s1. The van der Waals surface area contributed by atoms with Crippen LogP contribution in [0.25, 0.3) is 11.2 Å². The van der Waals surface area contributed by atoms with Crippen LogP contribution in [-0.4, -0.2) is 81.8 Å². The van der Waals surface area contributed by atoms with Gasteiger partial charge in [-0.1, -0.05) is 12.2 Å². The van der Waals surface area contributed by atoms with E-state index in [4.69, 9.17) is 36.5 Å². The van der Waals surface area contributed by atoms with Crippen molar-refractivity contribution in [3.63, 3.8) is 0 Å². The number of phosphoric acid groups is 1. The number of nitrogen functional groups attached to an aromatic ring is 1. The van der Waals surface area contributed by atoms with Gasteiger partial charge in [-0.15, -0.1) is 0 Å². The Labute approximate surface area is 221 Å². The number of anilines is 1. The minimum absolute atomic E-state index is 0.00125. The average molecular weight is 591 g/mol. The zero-order valence-electron chi connectivity index (χ0n) is 19.7. The number of rotatable bonds is 8. The smallest absolute Gasteiger partial charge is 0.394 e. The maximum Gasteiger partial charge on any atom is 0.472 e. The number of aromatic amines is 2. The van der Waals surface area contributed by atoms with Crippen LogP contribution in [0.1, 0.15) is 25.3 Å². The maximum atomic E-state index is 13.6. The number of imidazole rings is 1. The van der Waals surface area contributed by atoms with Crippen molar-refractivity contribution in [2.24, 2.45) is 0 Å². The fourth-order valence-corrected chi connectivity index (χ4v) is 5.61. The first-order valence-electron chi connectivity index (χ1n) is 11.4. The first-order chi connectivity index (χ1) is 18.5. The summed E-state index contributed by atoms with van der Waals surface area (Å²) in [5.74, 6) is -1.19. The third-order valence-corrected chi connectivity index (χ3v) is 7.54. The van der Waals surface area contributed by atoms with Crippen LogP contribution in [-0.2, 0) is 23.1 Å². The summed E-state index contributed by atoms with van der Waals surface area (Å²) < 4.78 is 50.3. The molecule has 2 aliphatic rings. The number of ether oxygens (including phenoxy) is 2. The van der Waals surface area contributed by atoms with Crippen molar-refractivity contribution >= 4 is 37.2 Å². The molecule has 0 bridgehead atoms. The highest BCUT2D eigenvalue weighted by Gasteiger charge is 2.43. The second kappa shape index (κ2) is 10.6. The second-order valence-electron chi connectivity index (χ2n) is 8.81. The lowest BCUT2D eigenvalue weighted by Crippen LogP contribution is -2.34. The molecule has 0 aliphatic carbocycles. The topological polar surface area (TPSA) is 242 Å². The zero-order valence-corrected chi connectivity index (χ0v) is 21.5. The molecule has 17 nitrogen and oxygen atoms in total. The molecule has 0 spiro atoms. The van der Waals surface area contributed by atoms with Gasteiger partial charge in [0, 0.05) is 12.8 Å². The molecular formula is C19H23FN7O10PS. The van der Waals surface area contributed by atoms with Crippen LogP contribution in [0.15, 0.2) is 22.1 Å². The molecule has 3 unspecified atom stereocenters. The van der Waals surface area contributed by atoms with Crippen LogP contribution in [0.4, 0.5) is 10.3 Å². The Morgan fingerprint density at radius 1 is 1.23 bits per heavy atom. The van der Waals surface area contributed by atoms with E-state index in [1.54, 1.807) is 4.98 Å². The minimum Gasteiger partial charge on any atom is -0.394 e. The summed E-state index contributed by atoms with van der Waals surface area (Å²) in [6.45, 7) is -1.19. The molecule has 0 saturated carbocycles. The molecule has 5 heterocycles. The third kappa shape index (κ3) is 5.58. The van der Waals surface area contributed by atoms with Gasteiger partial charge in [-0.05, 0) is 0 Å². The third-order valence-electron chi connectivity index (χ3n) is 6.24. The van der Waals surface area contributed by atoms with Gasteiger partial charge < -0.3 is 35.3 Å². The van der Waals surface area contributed by atoms with E-state index in [0.29, 0.717) is 17.4 Å². The van der Waals surface area contributed by atoms with E-state index in [1.807, 2.05) is 0 Å². The van der Waals surface area contributed by atoms with Gasteiger partial charge in [0.25, 0.3) is 5.56 Å². The molecule has 3 aromatic rings.